The molecule has 1 fully saturated rings. The number of piperidine rings is 1. The summed E-state index contributed by atoms with van der Waals surface area (Å²) >= 11 is 0. The average molecular weight is 433 g/mol. The number of pyridine rings is 1. The van der Waals surface area contributed by atoms with Crippen molar-refractivity contribution in [3.8, 4) is 0 Å². The normalized spacial score (nSPS) is 15.5. The fourth-order valence-electron chi connectivity index (χ4n) is 3.33. The fraction of sp³-hybridized carbons (Fsp3) is 0.350. The Morgan fingerprint density at radius 1 is 1.17 bits per heavy atom. The number of nitrogen functional groups attached to an aromatic ring is 1. The van der Waals surface area contributed by atoms with Gasteiger partial charge in [-0.3, -0.25) is 9.59 Å². The molecule has 1 aromatic carbocycles. The van der Waals surface area contributed by atoms with Crippen molar-refractivity contribution in [2.75, 3.05) is 32.5 Å². The Morgan fingerprint density at radius 3 is 2.40 bits per heavy atom. The predicted molar refractivity (Wildman–Crippen MR) is 110 cm³/mol. The number of esters is 1. The molecule has 2 heterocycles. The van der Waals surface area contributed by atoms with Crippen molar-refractivity contribution < 1.29 is 22.7 Å². The number of rotatable bonds is 6. The summed E-state index contributed by atoms with van der Waals surface area (Å²) in [5.74, 6) is -0.894. The van der Waals surface area contributed by atoms with E-state index in [0.717, 1.165) is 11.8 Å². The number of carbonyl (C=O) groups excluding carboxylic acids is 2. The molecule has 1 aliphatic heterocycles. The maximum Gasteiger partial charge on any atom is 0.325 e. The number of aromatic nitrogens is 1. The molecule has 30 heavy (non-hydrogen) atoms. The van der Waals surface area contributed by atoms with Gasteiger partial charge in [-0.25, -0.2) is 13.4 Å². The summed E-state index contributed by atoms with van der Waals surface area (Å²) in [4.78, 5) is 27.0. The summed E-state index contributed by atoms with van der Waals surface area (Å²) in [7, 11) is -2.49. The largest absolute Gasteiger partial charge is 0.468 e. The fourth-order valence-corrected chi connectivity index (χ4v) is 4.74. The molecular weight excluding hydrogens is 408 g/mol. The van der Waals surface area contributed by atoms with Crippen LogP contribution in [0.15, 0.2) is 47.5 Å². The van der Waals surface area contributed by atoms with Gasteiger partial charge >= 0.3 is 5.97 Å². The number of anilines is 1. The summed E-state index contributed by atoms with van der Waals surface area (Å²) in [5, 5.41) is 2.35. The minimum absolute atomic E-state index is 0.0138. The Kier molecular flexibility index (Phi) is 6.68. The molecule has 1 aliphatic rings. The lowest BCUT2D eigenvalue weighted by Gasteiger charge is -2.31. The Morgan fingerprint density at radius 2 is 1.83 bits per heavy atom. The highest BCUT2D eigenvalue weighted by Crippen LogP contribution is 2.31. The van der Waals surface area contributed by atoms with Gasteiger partial charge in [-0.1, -0.05) is 12.1 Å². The van der Waals surface area contributed by atoms with Gasteiger partial charge in [-0.15, -0.1) is 0 Å². The summed E-state index contributed by atoms with van der Waals surface area (Å²) < 4.78 is 31.7. The molecule has 1 saturated heterocycles. The van der Waals surface area contributed by atoms with Crippen molar-refractivity contribution in [2.45, 2.75) is 23.7 Å². The minimum atomic E-state index is -3.70. The standard InChI is InChI=1S/C20H24N4O5S/c1-29-19(25)13-23-20(26)18-7-6-17(12-22-18)30(27,28)24-10-8-15(9-11-24)14-2-4-16(21)5-3-14/h2-7,12,15H,8-11,13,21H2,1H3,(H,23,26). The van der Waals surface area contributed by atoms with Crippen LogP contribution in [0.5, 0.6) is 0 Å². The lowest BCUT2D eigenvalue weighted by molar-refractivity contribution is -0.139. The molecule has 0 bridgehead atoms. The quantitative estimate of drug-likeness (QED) is 0.517. The number of sulfonamides is 1. The zero-order valence-electron chi connectivity index (χ0n) is 16.6. The predicted octanol–water partition coefficient (Wildman–Crippen LogP) is 1.13. The summed E-state index contributed by atoms with van der Waals surface area (Å²) in [6, 6.07) is 10.3. The van der Waals surface area contributed by atoms with Gasteiger partial charge in [0.2, 0.25) is 10.0 Å². The number of methoxy groups -OCH3 is 1. The summed E-state index contributed by atoms with van der Waals surface area (Å²) in [6.07, 6.45) is 2.59. The Hall–Kier alpha value is -2.98. The highest BCUT2D eigenvalue weighted by Gasteiger charge is 2.30. The Labute approximate surface area is 175 Å². The third-order valence-electron chi connectivity index (χ3n) is 5.09. The molecule has 2 aromatic rings. The topological polar surface area (TPSA) is 132 Å². The van der Waals surface area contributed by atoms with Gasteiger partial charge in [0.1, 0.15) is 17.1 Å². The molecule has 9 nitrogen and oxygen atoms in total. The highest BCUT2D eigenvalue weighted by molar-refractivity contribution is 7.89. The van der Waals surface area contributed by atoms with Crippen LogP contribution in [-0.2, 0) is 19.6 Å². The third kappa shape index (κ3) is 4.95. The van der Waals surface area contributed by atoms with Gasteiger partial charge in [-0.2, -0.15) is 4.31 Å². The number of amides is 1. The molecule has 10 heteroatoms. The number of hydrogen-bond acceptors (Lipinski definition) is 7. The van der Waals surface area contributed by atoms with E-state index < -0.39 is 21.9 Å². The number of nitrogens with one attached hydrogen (secondary N) is 1. The van der Waals surface area contributed by atoms with E-state index in [4.69, 9.17) is 5.73 Å². The van der Waals surface area contributed by atoms with Crippen LogP contribution in [0.2, 0.25) is 0 Å². The molecule has 3 rings (SSSR count). The number of nitrogens with zero attached hydrogens (tertiary/aromatic N) is 2. The van der Waals surface area contributed by atoms with Crippen LogP contribution in [0.3, 0.4) is 0 Å². The van der Waals surface area contributed by atoms with Gasteiger partial charge in [0.15, 0.2) is 0 Å². The molecule has 3 N–H and O–H groups in total. The highest BCUT2D eigenvalue weighted by atomic mass is 32.2. The van der Waals surface area contributed by atoms with E-state index in [1.54, 1.807) is 0 Å². The summed E-state index contributed by atoms with van der Waals surface area (Å²) in [6.45, 7) is 0.511. The van der Waals surface area contributed by atoms with Crippen LogP contribution in [0, 0.1) is 0 Å². The van der Waals surface area contributed by atoms with Crippen LogP contribution in [0.25, 0.3) is 0 Å². The van der Waals surface area contributed by atoms with E-state index in [0.29, 0.717) is 31.6 Å². The maximum absolute atomic E-state index is 12.9. The molecule has 0 atom stereocenters. The second-order valence-corrected chi connectivity index (χ2v) is 8.92. The van der Waals surface area contributed by atoms with Gasteiger partial charge in [-0.05, 0) is 48.6 Å². The first kappa shape index (κ1) is 21.7. The molecular formula is C20H24N4O5S. The van der Waals surface area contributed by atoms with Gasteiger partial charge in [0, 0.05) is 25.0 Å². The Bertz CT molecular complexity index is 998. The second kappa shape index (κ2) is 9.23. The van der Waals surface area contributed by atoms with E-state index in [2.05, 4.69) is 15.0 Å². The first-order valence-electron chi connectivity index (χ1n) is 9.48. The van der Waals surface area contributed by atoms with Crippen molar-refractivity contribution >= 4 is 27.6 Å². The van der Waals surface area contributed by atoms with E-state index in [1.807, 2.05) is 24.3 Å². The summed E-state index contributed by atoms with van der Waals surface area (Å²) in [5.41, 5.74) is 7.60. The lowest BCUT2D eigenvalue weighted by atomic mass is 9.90. The molecule has 0 saturated carbocycles. The molecule has 160 valence electrons. The molecule has 1 amide bonds. The number of nitrogens with two attached hydrogens (primary N) is 1. The van der Waals surface area contributed by atoms with E-state index >= 15 is 0 Å². The second-order valence-electron chi connectivity index (χ2n) is 6.98. The average Bonchev–Trinajstić information content (AvgIpc) is 2.78. The zero-order valence-corrected chi connectivity index (χ0v) is 17.4. The molecule has 1 aromatic heterocycles. The van der Waals surface area contributed by atoms with E-state index in [1.165, 1.54) is 23.5 Å². The van der Waals surface area contributed by atoms with Crippen LogP contribution < -0.4 is 11.1 Å². The molecule has 0 spiro atoms. The van der Waals surface area contributed by atoms with Gasteiger partial charge < -0.3 is 15.8 Å². The number of carbonyl (C=O) groups is 2. The lowest BCUT2D eigenvalue weighted by Crippen LogP contribution is -2.38. The van der Waals surface area contributed by atoms with Crippen LogP contribution in [0.1, 0.15) is 34.8 Å². The minimum Gasteiger partial charge on any atom is -0.468 e. The van der Waals surface area contributed by atoms with Crippen molar-refractivity contribution in [1.82, 2.24) is 14.6 Å². The van der Waals surface area contributed by atoms with Gasteiger partial charge in [0.25, 0.3) is 5.91 Å². The maximum atomic E-state index is 12.9. The van der Waals surface area contributed by atoms with Crippen LogP contribution in [0.4, 0.5) is 5.69 Å². The first-order valence-corrected chi connectivity index (χ1v) is 10.9. The van der Waals surface area contributed by atoms with Crippen molar-refractivity contribution in [3.05, 3.63) is 53.9 Å². The molecule has 0 radical (unpaired) electrons. The third-order valence-corrected chi connectivity index (χ3v) is 6.97. The number of hydrogen-bond donors (Lipinski definition) is 2. The molecule has 0 aliphatic carbocycles. The van der Waals surface area contributed by atoms with Gasteiger partial charge in [0.05, 0.1) is 7.11 Å². The van der Waals surface area contributed by atoms with Crippen molar-refractivity contribution in [2.24, 2.45) is 0 Å². The smallest absolute Gasteiger partial charge is 0.325 e. The van der Waals surface area contributed by atoms with Crippen LogP contribution >= 0.6 is 0 Å². The number of benzene rings is 1. The number of ether oxygens (including phenoxy) is 1. The Balaban J connectivity index is 1.62. The monoisotopic (exact) mass is 432 g/mol. The van der Waals surface area contributed by atoms with Crippen molar-refractivity contribution in [3.63, 3.8) is 0 Å². The van der Waals surface area contributed by atoms with Crippen molar-refractivity contribution in [1.29, 1.82) is 0 Å². The van der Waals surface area contributed by atoms with E-state index in [9.17, 15) is 18.0 Å². The zero-order chi connectivity index (χ0) is 21.7. The molecule has 0 unspecified atom stereocenters. The SMILES string of the molecule is COC(=O)CNC(=O)c1ccc(S(=O)(=O)N2CCC(c3ccc(N)cc3)CC2)cn1. The van der Waals surface area contributed by atoms with E-state index in [-0.39, 0.29) is 23.1 Å². The van der Waals surface area contributed by atoms with Crippen LogP contribution in [-0.4, -0.2) is 56.3 Å². The first-order chi connectivity index (χ1) is 14.3.